The van der Waals surface area contributed by atoms with Crippen LogP contribution in [0, 0.1) is 0 Å². The van der Waals surface area contributed by atoms with Crippen molar-refractivity contribution < 1.29 is 18.3 Å². The van der Waals surface area contributed by atoms with Gasteiger partial charge in [0.1, 0.15) is 0 Å². The van der Waals surface area contributed by atoms with E-state index in [2.05, 4.69) is 10.1 Å². The van der Waals surface area contributed by atoms with E-state index in [9.17, 15) is 13.2 Å². The number of aromatic nitrogens is 3. The Hall–Kier alpha value is -2.67. The molecule has 124 valence electrons. The molecule has 2 aromatic heterocycles. The van der Waals surface area contributed by atoms with Crippen molar-refractivity contribution in [2.75, 3.05) is 0 Å². The summed E-state index contributed by atoms with van der Waals surface area (Å²) in [5.41, 5.74) is 3.18. The van der Waals surface area contributed by atoms with Crippen LogP contribution in [-0.4, -0.2) is 32.2 Å². The van der Waals surface area contributed by atoms with Crippen LogP contribution in [-0.2, 0) is 6.54 Å². The van der Waals surface area contributed by atoms with Crippen molar-refractivity contribution in [2.24, 2.45) is 0 Å². The fourth-order valence-electron chi connectivity index (χ4n) is 2.29. The van der Waals surface area contributed by atoms with E-state index >= 15 is 0 Å². The minimum Gasteiger partial charge on any atom is -0.382 e. The highest BCUT2D eigenvalue weighted by molar-refractivity contribution is 5.70. The van der Waals surface area contributed by atoms with Gasteiger partial charge in [-0.2, -0.15) is 18.3 Å². The predicted molar refractivity (Wildman–Crippen MR) is 83.0 cm³/mol. The molecule has 0 amide bonds. The maximum absolute atomic E-state index is 12.4. The van der Waals surface area contributed by atoms with Crippen LogP contribution in [0.3, 0.4) is 0 Å². The van der Waals surface area contributed by atoms with Crippen LogP contribution in [0.2, 0.25) is 0 Å². The quantitative estimate of drug-likeness (QED) is 0.794. The highest BCUT2D eigenvalue weighted by atomic mass is 19.4. The van der Waals surface area contributed by atoms with Crippen LogP contribution in [0.15, 0.2) is 61.1 Å². The molecular weight excluding hydrogens is 319 g/mol. The van der Waals surface area contributed by atoms with E-state index in [1.807, 2.05) is 36.4 Å². The van der Waals surface area contributed by atoms with Gasteiger partial charge in [-0.25, -0.2) is 0 Å². The summed E-state index contributed by atoms with van der Waals surface area (Å²) in [7, 11) is 0. The molecule has 3 rings (SSSR count). The molecule has 1 aromatic carbocycles. The van der Waals surface area contributed by atoms with Crippen molar-refractivity contribution in [3.05, 3.63) is 61.1 Å². The molecule has 0 radical (unpaired) electrons. The third-order valence-corrected chi connectivity index (χ3v) is 3.53. The van der Waals surface area contributed by atoms with E-state index in [0.29, 0.717) is 5.69 Å². The maximum Gasteiger partial charge on any atom is 0.416 e. The van der Waals surface area contributed by atoms with Gasteiger partial charge in [-0.1, -0.05) is 24.3 Å². The first-order valence-electron chi connectivity index (χ1n) is 7.22. The number of aliphatic hydroxyl groups excluding tert-OH is 1. The van der Waals surface area contributed by atoms with Gasteiger partial charge < -0.3 is 5.11 Å². The van der Waals surface area contributed by atoms with Crippen LogP contribution in [0.4, 0.5) is 13.2 Å². The van der Waals surface area contributed by atoms with Crippen LogP contribution >= 0.6 is 0 Å². The van der Waals surface area contributed by atoms with E-state index in [-0.39, 0.29) is 0 Å². The van der Waals surface area contributed by atoms with Crippen LogP contribution in [0.5, 0.6) is 0 Å². The van der Waals surface area contributed by atoms with Gasteiger partial charge in [-0.05, 0) is 23.8 Å². The van der Waals surface area contributed by atoms with Gasteiger partial charge in [0.15, 0.2) is 6.10 Å². The fourth-order valence-corrected chi connectivity index (χ4v) is 2.29. The fraction of sp³-hybridized carbons (Fsp3) is 0.176. The largest absolute Gasteiger partial charge is 0.416 e. The average molecular weight is 333 g/mol. The molecule has 0 aliphatic carbocycles. The summed E-state index contributed by atoms with van der Waals surface area (Å²) in [6.07, 6.45) is -2.27. The van der Waals surface area contributed by atoms with E-state index < -0.39 is 18.8 Å². The summed E-state index contributed by atoms with van der Waals surface area (Å²) in [5, 5.41) is 13.2. The SMILES string of the molecule is O[C@@H](Cn1ccc(-c2cccc(-c3cccnc3)c2)n1)C(F)(F)F. The molecular formula is C17H14F3N3O. The van der Waals surface area contributed by atoms with Crippen LogP contribution < -0.4 is 0 Å². The second-order valence-electron chi connectivity index (χ2n) is 5.30. The summed E-state index contributed by atoms with van der Waals surface area (Å²) in [6, 6.07) is 12.9. The zero-order chi connectivity index (χ0) is 17.2. The summed E-state index contributed by atoms with van der Waals surface area (Å²) in [5.74, 6) is 0. The Morgan fingerprint density at radius 1 is 1.04 bits per heavy atom. The molecule has 2 heterocycles. The normalized spacial score (nSPS) is 13.0. The molecule has 0 fully saturated rings. The highest BCUT2D eigenvalue weighted by Crippen LogP contribution is 2.25. The summed E-state index contributed by atoms with van der Waals surface area (Å²) in [4.78, 5) is 4.07. The smallest absolute Gasteiger partial charge is 0.382 e. The molecule has 0 bridgehead atoms. The Kier molecular flexibility index (Phi) is 4.35. The second kappa shape index (κ2) is 6.45. The lowest BCUT2D eigenvalue weighted by Crippen LogP contribution is -2.32. The third-order valence-electron chi connectivity index (χ3n) is 3.53. The molecule has 0 spiro atoms. The third kappa shape index (κ3) is 3.62. The van der Waals surface area contributed by atoms with Gasteiger partial charge in [0.05, 0.1) is 12.2 Å². The lowest BCUT2D eigenvalue weighted by Gasteiger charge is -2.14. The van der Waals surface area contributed by atoms with Crippen LogP contribution in [0.1, 0.15) is 0 Å². The Morgan fingerprint density at radius 3 is 2.50 bits per heavy atom. The molecule has 1 N–H and O–H groups in total. The standard InChI is InChI=1S/C17H14F3N3O/c18-17(19,20)16(24)11-23-8-6-15(22-23)13-4-1-3-12(9-13)14-5-2-7-21-10-14/h1-10,16,24H,11H2/t16-/m0/s1. The molecule has 0 unspecified atom stereocenters. The maximum atomic E-state index is 12.4. The first-order chi connectivity index (χ1) is 11.4. The minimum absolute atomic E-state index is 0.537. The first-order valence-corrected chi connectivity index (χ1v) is 7.22. The zero-order valence-corrected chi connectivity index (χ0v) is 12.5. The molecule has 1 atom stereocenters. The number of rotatable bonds is 4. The van der Waals surface area contributed by atoms with Gasteiger partial charge in [0.2, 0.25) is 0 Å². The predicted octanol–water partition coefficient (Wildman–Crippen LogP) is 3.54. The second-order valence-corrected chi connectivity index (χ2v) is 5.30. The van der Waals surface area contributed by atoms with Gasteiger partial charge in [0.25, 0.3) is 0 Å². The van der Waals surface area contributed by atoms with E-state index in [0.717, 1.165) is 21.4 Å². The molecule has 0 saturated heterocycles. The van der Waals surface area contributed by atoms with Crippen molar-refractivity contribution in [1.29, 1.82) is 0 Å². The lowest BCUT2D eigenvalue weighted by atomic mass is 10.0. The summed E-state index contributed by atoms with van der Waals surface area (Å²) >= 11 is 0. The Bertz CT molecular complexity index is 815. The van der Waals surface area contributed by atoms with E-state index in [1.165, 1.54) is 6.20 Å². The molecule has 0 saturated carbocycles. The zero-order valence-electron chi connectivity index (χ0n) is 12.5. The summed E-state index contributed by atoms with van der Waals surface area (Å²) < 4.78 is 38.3. The van der Waals surface area contributed by atoms with Crippen molar-refractivity contribution in [2.45, 2.75) is 18.8 Å². The van der Waals surface area contributed by atoms with Crippen molar-refractivity contribution in [1.82, 2.24) is 14.8 Å². The van der Waals surface area contributed by atoms with Crippen molar-refractivity contribution in [3.63, 3.8) is 0 Å². The molecule has 4 nitrogen and oxygen atoms in total. The Balaban J connectivity index is 1.83. The lowest BCUT2D eigenvalue weighted by molar-refractivity contribution is -0.208. The number of benzene rings is 1. The molecule has 7 heteroatoms. The molecule has 24 heavy (non-hydrogen) atoms. The minimum atomic E-state index is -4.66. The van der Waals surface area contributed by atoms with Crippen molar-refractivity contribution in [3.8, 4) is 22.4 Å². The number of pyridine rings is 1. The number of hydrogen-bond donors (Lipinski definition) is 1. The molecule has 0 aliphatic heterocycles. The Labute approximate surface area is 136 Å². The van der Waals surface area contributed by atoms with Gasteiger partial charge in [-0.3, -0.25) is 9.67 Å². The first kappa shape index (κ1) is 16.2. The van der Waals surface area contributed by atoms with E-state index in [4.69, 9.17) is 5.11 Å². The van der Waals surface area contributed by atoms with Crippen molar-refractivity contribution >= 4 is 0 Å². The molecule has 0 aliphatic rings. The monoisotopic (exact) mass is 333 g/mol. The number of hydrogen-bond acceptors (Lipinski definition) is 3. The number of alkyl halides is 3. The Morgan fingerprint density at radius 2 is 1.79 bits per heavy atom. The van der Waals surface area contributed by atoms with E-state index in [1.54, 1.807) is 18.5 Å². The number of halogens is 3. The number of nitrogens with zero attached hydrogens (tertiary/aromatic N) is 3. The molecule has 3 aromatic rings. The average Bonchev–Trinajstić information content (AvgIpc) is 3.03. The number of aliphatic hydroxyl groups is 1. The van der Waals surface area contributed by atoms with Gasteiger partial charge >= 0.3 is 6.18 Å². The topological polar surface area (TPSA) is 50.9 Å². The highest BCUT2D eigenvalue weighted by Gasteiger charge is 2.38. The summed E-state index contributed by atoms with van der Waals surface area (Å²) in [6.45, 7) is -0.633. The van der Waals surface area contributed by atoms with Crippen LogP contribution in [0.25, 0.3) is 22.4 Å². The van der Waals surface area contributed by atoms with Gasteiger partial charge in [0, 0.05) is 29.7 Å². The van der Waals surface area contributed by atoms with Gasteiger partial charge in [-0.15, -0.1) is 0 Å².